The zero-order valence-corrected chi connectivity index (χ0v) is 19.6. The van der Waals surface area contributed by atoms with Crippen LogP contribution in [0.1, 0.15) is 24.0 Å². The van der Waals surface area contributed by atoms with Crippen LogP contribution in [0.2, 0.25) is 0 Å². The molecule has 0 bridgehead atoms. The summed E-state index contributed by atoms with van der Waals surface area (Å²) >= 11 is 0. The number of fused-ring (bicyclic) bond motifs is 5. The lowest BCUT2D eigenvalue weighted by Crippen LogP contribution is -2.02. The molecule has 0 unspecified atom stereocenters. The highest BCUT2D eigenvalue weighted by molar-refractivity contribution is 7.59. The molecular formula is C30H30O2S. The quantitative estimate of drug-likeness (QED) is 0.235. The third-order valence-corrected chi connectivity index (χ3v) is 5.77. The van der Waals surface area contributed by atoms with Crippen molar-refractivity contribution in [1.29, 1.82) is 0 Å². The molecule has 1 aliphatic rings. The van der Waals surface area contributed by atoms with Crippen molar-refractivity contribution in [2.45, 2.75) is 25.7 Å². The molecule has 0 saturated heterocycles. The summed E-state index contributed by atoms with van der Waals surface area (Å²) in [5, 5.41) is 22.9. The molecule has 0 amide bonds. The second kappa shape index (κ2) is 12.0. The van der Waals surface area contributed by atoms with Gasteiger partial charge < -0.3 is 10.2 Å². The minimum atomic E-state index is 0. The maximum Gasteiger partial charge on any atom is 0.115 e. The number of aryl methyl sites for hydroxylation is 2. The van der Waals surface area contributed by atoms with Gasteiger partial charge in [-0.25, -0.2) is 0 Å². The van der Waals surface area contributed by atoms with E-state index in [9.17, 15) is 0 Å². The minimum Gasteiger partial charge on any atom is -0.508 e. The van der Waals surface area contributed by atoms with Gasteiger partial charge in [-0.15, -0.1) is 0 Å². The van der Waals surface area contributed by atoms with Crippen LogP contribution in [0.15, 0.2) is 109 Å². The number of phenolic OH excluding ortho intramolecular Hbond substituents is 2. The zero-order valence-electron chi connectivity index (χ0n) is 18.6. The molecule has 3 heteroatoms. The highest BCUT2D eigenvalue weighted by atomic mass is 32.1. The third-order valence-electron chi connectivity index (χ3n) is 5.77. The van der Waals surface area contributed by atoms with Crippen molar-refractivity contribution in [3.63, 3.8) is 0 Å². The first kappa shape index (κ1) is 24.2. The molecule has 5 aromatic rings. The number of rotatable bonds is 0. The molecule has 0 atom stereocenters. The lowest BCUT2D eigenvalue weighted by Gasteiger charge is -2.18. The molecular weight excluding hydrogens is 424 g/mol. The molecule has 0 heterocycles. The van der Waals surface area contributed by atoms with Gasteiger partial charge >= 0.3 is 0 Å². The van der Waals surface area contributed by atoms with Crippen molar-refractivity contribution >= 4 is 35.0 Å². The van der Waals surface area contributed by atoms with Gasteiger partial charge in [-0.2, -0.15) is 13.5 Å². The first-order chi connectivity index (χ1) is 15.7. The highest BCUT2D eigenvalue weighted by Gasteiger charge is 2.13. The second-order valence-corrected chi connectivity index (χ2v) is 7.96. The highest BCUT2D eigenvalue weighted by Crippen LogP contribution is 2.33. The van der Waals surface area contributed by atoms with Gasteiger partial charge in [0.05, 0.1) is 0 Å². The van der Waals surface area contributed by atoms with Gasteiger partial charge in [0.2, 0.25) is 0 Å². The third kappa shape index (κ3) is 6.30. The van der Waals surface area contributed by atoms with Gasteiger partial charge in [0.25, 0.3) is 0 Å². The first-order valence-corrected chi connectivity index (χ1v) is 11.1. The standard InChI is InChI=1S/C18H16.2C6H6O.H2S/c1-3-7-15-13(5-1)9-11-18-16-8-4-2-6-14(16)10-12-17(15)18;2*7-6-4-2-1-3-5-6;/h1,3,5,7,9-12H,2,4,6,8H2;2*1-5,7H;1H2. The molecule has 33 heavy (non-hydrogen) atoms. The van der Waals surface area contributed by atoms with E-state index in [1.807, 2.05) is 12.1 Å². The van der Waals surface area contributed by atoms with Crippen molar-refractivity contribution < 1.29 is 10.2 Å². The van der Waals surface area contributed by atoms with Crippen LogP contribution in [0.5, 0.6) is 11.5 Å². The van der Waals surface area contributed by atoms with Gasteiger partial charge in [0.1, 0.15) is 11.5 Å². The summed E-state index contributed by atoms with van der Waals surface area (Å²) in [7, 11) is 0. The van der Waals surface area contributed by atoms with E-state index in [1.54, 1.807) is 59.7 Å². The van der Waals surface area contributed by atoms with E-state index >= 15 is 0 Å². The molecule has 2 nitrogen and oxygen atoms in total. The van der Waals surface area contributed by atoms with Gasteiger partial charge in [0, 0.05) is 0 Å². The van der Waals surface area contributed by atoms with E-state index in [0.29, 0.717) is 11.5 Å². The Morgan fingerprint density at radius 1 is 0.455 bits per heavy atom. The summed E-state index contributed by atoms with van der Waals surface area (Å²) in [6, 6.07) is 35.4. The smallest absolute Gasteiger partial charge is 0.115 e. The molecule has 0 aromatic heterocycles. The summed E-state index contributed by atoms with van der Waals surface area (Å²) in [5.74, 6) is 0.644. The maximum absolute atomic E-state index is 8.63. The Labute approximate surface area is 202 Å². The Kier molecular flexibility index (Phi) is 8.79. The number of aromatic hydroxyl groups is 2. The molecule has 5 aromatic carbocycles. The average molecular weight is 455 g/mol. The lowest BCUT2D eigenvalue weighted by atomic mass is 9.86. The SMILES string of the molecule is Oc1ccccc1.Oc1ccccc1.S.c1ccc2c(c1)ccc1c3c(ccc12)CCCC3. The van der Waals surface area contributed by atoms with Crippen LogP contribution < -0.4 is 0 Å². The van der Waals surface area contributed by atoms with Crippen LogP contribution in [-0.2, 0) is 12.8 Å². The Hall–Kier alpha value is -3.43. The van der Waals surface area contributed by atoms with Crippen LogP contribution in [0, 0.1) is 0 Å². The number of phenols is 2. The van der Waals surface area contributed by atoms with Crippen LogP contribution >= 0.6 is 13.5 Å². The van der Waals surface area contributed by atoms with Crippen LogP contribution in [0.25, 0.3) is 21.5 Å². The molecule has 0 radical (unpaired) electrons. The van der Waals surface area contributed by atoms with Crippen molar-refractivity contribution in [2.75, 3.05) is 0 Å². The van der Waals surface area contributed by atoms with Gasteiger partial charge in [-0.1, -0.05) is 84.9 Å². The van der Waals surface area contributed by atoms with E-state index in [-0.39, 0.29) is 13.5 Å². The lowest BCUT2D eigenvalue weighted by molar-refractivity contribution is 0.475. The molecule has 6 rings (SSSR count). The predicted molar refractivity (Wildman–Crippen MR) is 145 cm³/mol. The molecule has 0 fully saturated rings. The zero-order chi connectivity index (χ0) is 22.2. The van der Waals surface area contributed by atoms with Crippen molar-refractivity contribution in [3.05, 3.63) is 120 Å². The van der Waals surface area contributed by atoms with E-state index in [1.165, 1.54) is 47.2 Å². The first-order valence-electron chi connectivity index (χ1n) is 11.1. The minimum absolute atomic E-state index is 0. The molecule has 0 spiro atoms. The molecule has 168 valence electrons. The van der Waals surface area contributed by atoms with E-state index in [2.05, 4.69) is 48.5 Å². The Morgan fingerprint density at radius 2 is 1.00 bits per heavy atom. The van der Waals surface area contributed by atoms with Crippen molar-refractivity contribution in [3.8, 4) is 11.5 Å². The van der Waals surface area contributed by atoms with E-state index in [0.717, 1.165) is 0 Å². The summed E-state index contributed by atoms with van der Waals surface area (Å²) in [4.78, 5) is 0. The average Bonchev–Trinajstić information content (AvgIpc) is 2.85. The molecule has 0 saturated carbocycles. The Morgan fingerprint density at radius 3 is 1.61 bits per heavy atom. The molecule has 1 aliphatic carbocycles. The number of benzene rings is 5. The molecule has 2 N–H and O–H groups in total. The normalized spacial score (nSPS) is 11.8. The number of hydrogen-bond acceptors (Lipinski definition) is 2. The van der Waals surface area contributed by atoms with Gasteiger partial charge in [-0.05, 0) is 82.6 Å². The van der Waals surface area contributed by atoms with Crippen LogP contribution in [0.3, 0.4) is 0 Å². The van der Waals surface area contributed by atoms with Crippen molar-refractivity contribution in [1.82, 2.24) is 0 Å². The largest absolute Gasteiger partial charge is 0.508 e. The van der Waals surface area contributed by atoms with E-state index < -0.39 is 0 Å². The summed E-state index contributed by atoms with van der Waals surface area (Å²) in [6.45, 7) is 0. The fraction of sp³-hybridized carbons (Fsp3) is 0.133. The summed E-state index contributed by atoms with van der Waals surface area (Å²) in [6.07, 6.45) is 5.22. The van der Waals surface area contributed by atoms with E-state index in [4.69, 9.17) is 10.2 Å². The number of para-hydroxylation sites is 2. The maximum atomic E-state index is 8.63. The molecule has 0 aliphatic heterocycles. The van der Waals surface area contributed by atoms with Crippen LogP contribution in [0.4, 0.5) is 0 Å². The van der Waals surface area contributed by atoms with Gasteiger partial charge in [-0.3, -0.25) is 0 Å². The van der Waals surface area contributed by atoms with Crippen molar-refractivity contribution in [2.24, 2.45) is 0 Å². The van der Waals surface area contributed by atoms with Gasteiger partial charge in [0.15, 0.2) is 0 Å². The predicted octanol–water partition coefficient (Wildman–Crippen LogP) is 7.77. The number of hydrogen-bond donors (Lipinski definition) is 2. The Bertz CT molecular complexity index is 1250. The fourth-order valence-corrected chi connectivity index (χ4v) is 4.20. The van der Waals surface area contributed by atoms with Crippen LogP contribution in [-0.4, -0.2) is 10.2 Å². The fourth-order valence-electron chi connectivity index (χ4n) is 4.20. The summed E-state index contributed by atoms with van der Waals surface area (Å²) in [5.41, 5.74) is 3.17. The monoisotopic (exact) mass is 454 g/mol. The Balaban J connectivity index is 0.000000170. The summed E-state index contributed by atoms with van der Waals surface area (Å²) < 4.78 is 0. The topological polar surface area (TPSA) is 40.5 Å². The second-order valence-electron chi connectivity index (χ2n) is 7.96.